The number of rotatable bonds is 5. The molecule has 4 heteroatoms. The lowest BCUT2D eigenvalue weighted by atomic mass is 10.1. The highest BCUT2D eigenvalue weighted by molar-refractivity contribution is 9.10. The lowest BCUT2D eigenvalue weighted by Gasteiger charge is -2.21. The van der Waals surface area contributed by atoms with Crippen LogP contribution in [-0.4, -0.2) is 24.7 Å². The summed E-state index contributed by atoms with van der Waals surface area (Å²) in [5.41, 5.74) is 1.33. The van der Waals surface area contributed by atoms with Crippen LogP contribution < -0.4 is 4.90 Å². The van der Waals surface area contributed by atoms with E-state index in [1.54, 1.807) is 12.1 Å². The van der Waals surface area contributed by atoms with Gasteiger partial charge < -0.3 is 10.0 Å². The van der Waals surface area contributed by atoms with Crippen LogP contribution in [0.5, 0.6) is 0 Å². The highest BCUT2D eigenvalue weighted by Gasteiger charge is 2.10. The average molecular weight is 300 g/mol. The van der Waals surface area contributed by atoms with Gasteiger partial charge in [0.1, 0.15) is 0 Å². The molecule has 0 heterocycles. The largest absolute Gasteiger partial charge is 0.478 e. The molecule has 0 amide bonds. The standard InChI is InChI=1S/C13H18BrNO2/c1-9(2)6-7-15(3)12-5-4-10(13(16)17)8-11(12)14/h4-5,8-9H,6-7H2,1-3H3,(H,16,17). The molecule has 0 aliphatic heterocycles. The molecule has 0 aromatic heterocycles. The molecule has 0 atom stereocenters. The first-order valence-electron chi connectivity index (χ1n) is 5.65. The molecule has 1 aromatic carbocycles. The third-order valence-electron chi connectivity index (χ3n) is 2.65. The monoisotopic (exact) mass is 299 g/mol. The van der Waals surface area contributed by atoms with Crippen molar-refractivity contribution in [3.63, 3.8) is 0 Å². The molecule has 0 saturated carbocycles. The minimum atomic E-state index is -0.901. The Hall–Kier alpha value is -1.03. The summed E-state index contributed by atoms with van der Waals surface area (Å²) in [6, 6.07) is 5.12. The van der Waals surface area contributed by atoms with E-state index >= 15 is 0 Å². The smallest absolute Gasteiger partial charge is 0.335 e. The van der Waals surface area contributed by atoms with Crippen LogP contribution in [0.15, 0.2) is 22.7 Å². The van der Waals surface area contributed by atoms with E-state index in [-0.39, 0.29) is 0 Å². The minimum Gasteiger partial charge on any atom is -0.478 e. The molecule has 17 heavy (non-hydrogen) atoms. The van der Waals surface area contributed by atoms with Crippen LogP contribution in [0, 0.1) is 5.92 Å². The Morgan fingerprint density at radius 1 is 1.47 bits per heavy atom. The summed E-state index contributed by atoms with van der Waals surface area (Å²) in [5.74, 6) is -0.239. The maximum Gasteiger partial charge on any atom is 0.335 e. The third-order valence-corrected chi connectivity index (χ3v) is 3.28. The maximum atomic E-state index is 10.8. The van der Waals surface area contributed by atoms with Gasteiger partial charge in [-0.1, -0.05) is 13.8 Å². The molecular weight excluding hydrogens is 282 g/mol. The molecule has 0 radical (unpaired) electrons. The fraction of sp³-hybridized carbons (Fsp3) is 0.462. The summed E-state index contributed by atoms with van der Waals surface area (Å²) in [7, 11) is 2.02. The SMILES string of the molecule is CC(C)CCN(C)c1ccc(C(=O)O)cc1Br. The van der Waals surface area contributed by atoms with Crippen molar-refractivity contribution in [2.45, 2.75) is 20.3 Å². The van der Waals surface area contributed by atoms with E-state index in [0.29, 0.717) is 11.5 Å². The lowest BCUT2D eigenvalue weighted by Crippen LogP contribution is -2.20. The Morgan fingerprint density at radius 3 is 2.59 bits per heavy atom. The lowest BCUT2D eigenvalue weighted by molar-refractivity contribution is 0.0697. The van der Waals surface area contributed by atoms with Gasteiger partial charge in [-0.2, -0.15) is 0 Å². The second-order valence-electron chi connectivity index (χ2n) is 4.58. The number of carbonyl (C=O) groups is 1. The molecule has 0 aliphatic rings. The molecule has 0 unspecified atom stereocenters. The number of hydrogen-bond acceptors (Lipinski definition) is 2. The van der Waals surface area contributed by atoms with Crippen LogP contribution in [0.4, 0.5) is 5.69 Å². The van der Waals surface area contributed by atoms with Gasteiger partial charge in [0.25, 0.3) is 0 Å². The molecule has 1 rings (SSSR count). The van der Waals surface area contributed by atoms with Crippen molar-refractivity contribution in [1.29, 1.82) is 0 Å². The molecule has 1 aromatic rings. The molecule has 0 bridgehead atoms. The van der Waals surface area contributed by atoms with Gasteiger partial charge >= 0.3 is 5.97 Å². The fourth-order valence-electron chi connectivity index (χ4n) is 1.52. The summed E-state index contributed by atoms with van der Waals surface area (Å²) in [5, 5.41) is 8.88. The predicted molar refractivity (Wildman–Crippen MR) is 73.8 cm³/mol. The topological polar surface area (TPSA) is 40.5 Å². The Balaban J connectivity index is 2.81. The molecule has 0 aliphatic carbocycles. The molecule has 94 valence electrons. The number of halogens is 1. The number of hydrogen-bond donors (Lipinski definition) is 1. The Labute approximate surface area is 111 Å². The first-order valence-corrected chi connectivity index (χ1v) is 6.45. The van der Waals surface area contributed by atoms with Crippen LogP contribution in [0.2, 0.25) is 0 Å². The van der Waals surface area contributed by atoms with Crippen LogP contribution in [0.25, 0.3) is 0 Å². The number of carboxylic acids is 1. The van der Waals surface area contributed by atoms with Gasteiger partial charge in [0.15, 0.2) is 0 Å². The van der Waals surface area contributed by atoms with E-state index in [2.05, 4.69) is 34.7 Å². The summed E-state index contributed by atoms with van der Waals surface area (Å²) >= 11 is 3.42. The van der Waals surface area contributed by atoms with E-state index in [0.717, 1.165) is 23.1 Å². The summed E-state index contributed by atoms with van der Waals surface area (Å²) in [4.78, 5) is 12.9. The van der Waals surface area contributed by atoms with E-state index in [4.69, 9.17) is 5.11 Å². The van der Waals surface area contributed by atoms with Gasteiger partial charge in [-0.25, -0.2) is 4.79 Å². The second-order valence-corrected chi connectivity index (χ2v) is 5.43. The molecular formula is C13H18BrNO2. The number of benzene rings is 1. The van der Waals surface area contributed by atoms with E-state index < -0.39 is 5.97 Å². The van der Waals surface area contributed by atoms with E-state index in [9.17, 15) is 4.79 Å². The van der Waals surface area contributed by atoms with Gasteiger partial charge in [-0.15, -0.1) is 0 Å². The van der Waals surface area contributed by atoms with Crippen molar-refractivity contribution in [3.8, 4) is 0 Å². The van der Waals surface area contributed by atoms with Gasteiger partial charge in [-0.05, 0) is 46.5 Å². The average Bonchev–Trinajstić information content (AvgIpc) is 2.25. The number of anilines is 1. The summed E-state index contributed by atoms with van der Waals surface area (Å²) < 4.78 is 0.823. The van der Waals surface area contributed by atoms with Crippen LogP contribution in [0.3, 0.4) is 0 Å². The van der Waals surface area contributed by atoms with Crippen LogP contribution in [-0.2, 0) is 0 Å². The van der Waals surface area contributed by atoms with Gasteiger partial charge in [0, 0.05) is 18.1 Å². The molecule has 0 fully saturated rings. The highest BCUT2D eigenvalue weighted by Crippen LogP contribution is 2.27. The summed E-state index contributed by atoms with van der Waals surface area (Å²) in [6.45, 7) is 5.34. The Bertz CT molecular complexity index is 404. The van der Waals surface area contributed by atoms with Crippen molar-refractivity contribution in [1.82, 2.24) is 0 Å². The molecule has 3 nitrogen and oxygen atoms in total. The number of aromatic carboxylic acids is 1. The Morgan fingerprint density at radius 2 is 2.12 bits per heavy atom. The number of carboxylic acid groups (broad SMARTS) is 1. The van der Waals surface area contributed by atoms with Crippen LogP contribution in [0.1, 0.15) is 30.6 Å². The van der Waals surface area contributed by atoms with Gasteiger partial charge in [0.05, 0.1) is 11.3 Å². The predicted octanol–water partition coefficient (Wildman–Crippen LogP) is 3.63. The van der Waals surface area contributed by atoms with Crippen molar-refractivity contribution < 1.29 is 9.90 Å². The van der Waals surface area contributed by atoms with Crippen molar-refractivity contribution in [2.75, 3.05) is 18.5 Å². The van der Waals surface area contributed by atoms with Crippen molar-refractivity contribution in [3.05, 3.63) is 28.2 Å². The molecule has 0 saturated heterocycles. The number of nitrogens with zero attached hydrogens (tertiary/aromatic N) is 1. The summed E-state index contributed by atoms with van der Waals surface area (Å²) in [6.07, 6.45) is 1.11. The Kier molecular flexibility index (Phi) is 5.00. The minimum absolute atomic E-state index is 0.304. The van der Waals surface area contributed by atoms with Crippen LogP contribution >= 0.6 is 15.9 Å². The second kappa shape index (κ2) is 6.05. The van der Waals surface area contributed by atoms with Crippen molar-refractivity contribution >= 4 is 27.6 Å². The zero-order valence-electron chi connectivity index (χ0n) is 10.4. The zero-order chi connectivity index (χ0) is 13.0. The normalized spacial score (nSPS) is 10.6. The molecule has 1 N–H and O–H groups in total. The fourth-order valence-corrected chi connectivity index (χ4v) is 2.20. The van der Waals surface area contributed by atoms with E-state index in [1.807, 2.05) is 13.1 Å². The van der Waals surface area contributed by atoms with Crippen molar-refractivity contribution in [2.24, 2.45) is 5.92 Å². The maximum absolute atomic E-state index is 10.8. The van der Waals surface area contributed by atoms with E-state index in [1.165, 1.54) is 0 Å². The van der Waals surface area contributed by atoms with Gasteiger partial charge in [0.2, 0.25) is 0 Å². The molecule has 0 spiro atoms. The highest BCUT2D eigenvalue weighted by atomic mass is 79.9. The zero-order valence-corrected chi connectivity index (χ0v) is 12.0. The first-order chi connectivity index (χ1) is 7.91. The quantitative estimate of drug-likeness (QED) is 0.902. The third kappa shape index (κ3) is 4.04. The van der Waals surface area contributed by atoms with Gasteiger partial charge in [-0.3, -0.25) is 0 Å². The first kappa shape index (κ1) is 14.0.